The molecule has 0 saturated heterocycles. The summed E-state index contributed by atoms with van der Waals surface area (Å²) >= 11 is 1.10. The van der Waals surface area contributed by atoms with Crippen molar-refractivity contribution in [2.24, 2.45) is 0 Å². The van der Waals surface area contributed by atoms with Crippen molar-refractivity contribution in [3.8, 4) is 10.6 Å². The first-order valence-electron chi connectivity index (χ1n) is 7.45. The minimum Gasteiger partial charge on any atom is -0.391 e. The first kappa shape index (κ1) is 16.0. The molecule has 0 aliphatic heterocycles. The fourth-order valence-corrected chi connectivity index (χ4v) is 3.48. The van der Waals surface area contributed by atoms with Crippen molar-refractivity contribution in [3.05, 3.63) is 40.9 Å². The van der Waals surface area contributed by atoms with E-state index in [9.17, 15) is 18.7 Å². The van der Waals surface area contributed by atoms with Gasteiger partial charge < -0.3 is 10.4 Å². The number of nitrogens with zero attached hydrogens (tertiary/aromatic N) is 1. The van der Waals surface area contributed by atoms with E-state index < -0.39 is 17.7 Å². The van der Waals surface area contributed by atoms with Gasteiger partial charge in [0, 0.05) is 5.56 Å². The van der Waals surface area contributed by atoms with Crippen LogP contribution in [0, 0.1) is 11.6 Å². The average molecular weight is 338 g/mol. The van der Waals surface area contributed by atoms with Crippen LogP contribution in [0.5, 0.6) is 0 Å². The topological polar surface area (TPSA) is 62.2 Å². The lowest BCUT2D eigenvalue weighted by Gasteiger charge is -2.28. The molecule has 4 nitrogen and oxygen atoms in total. The van der Waals surface area contributed by atoms with Crippen LogP contribution in [0.3, 0.4) is 0 Å². The number of hydrogen-bond acceptors (Lipinski definition) is 4. The molecule has 2 N–H and O–H groups in total. The van der Waals surface area contributed by atoms with Gasteiger partial charge in [-0.05, 0) is 31.0 Å². The summed E-state index contributed by atoms with van der Waals surface area (Å²) in [5, 5.41) is 13.2. The molecule has 7 heteroatoms. The maximum atomic E-state index is 13.3. The largest absolute Gasteiger partial charge is 0.391 e. The van der Waals surface area contributed by atoms with Crippen LogP contribution in [-0.2, 0) is 0 Å². The molecule has 3 rings (SSSR count). The third kappa shape index (κ3) is 3.56. The molecule has 122 valence electrons. The van der Waals surface area contributed by atoms with Gasteiger partial charge >= 0.3 is 0 Å². The highest BCUT2D eigenvalue weighted by Crippen LogP contribution is 2.27. The minimum absolute atomic E-state index is 0.245. The zero-order valence-electron chi connectivity index (χ0n) is 12.3. The Morgan fingerprint density at radius 3 is 2.78 bits per heavy atom. The third-order valence-electron chi connectivity index (χ3n) is 3.94. The summed E-state index contributed by atoms with van der Waals surface area (Å²) in [7, 11) is 0. The summed E-state index contributed by atoms with van der Waals surface area (Å²) in [5.74, 6) is -2.18. The van der Waals surface area contributed by atoms with E-state index in [4.69, 9.17) is 0 Å². The number of carbonyl (C=O) groups excluding carboxylic acids is 1. The number of halogens is 2. The zero-order chi connectivity index (χ0) is 16.4. The van der Waals surface area contributed by atoms with Gasteiger partial charge in [0.2, 0.25) is 0 Å². The number of amides is 1. The molecule has 1 heterocycles. The van der Waals surface area contributed by atoms with E-state index in [-0.39, 0.29) is 11.9 Å². The first-order chi connectivity index (χ1) is 11.0. The van der Waals surface area contributed by atoms with Crippen LogP contribution in [-0.4, -0.2) is 28.1 Å². The van der Waals surface area contributed by atoms with Gasteiger partial charge in [-0.15, -0.1) is 11.3 Å². The van der Waals surface area contributed by atoms with Crippen molar-refractivity contribution in [3.63, 3.8) is 0 Å². The highest BCUT2D eigenvalue weighted by Gasteiger charge is 2.25. The Morgan fingerprint density at radius 1 is 1.26 bits per heavy atom. The zero-order valence-corrected chi connectivity index (χ0v) is 13.1. The van der Waals surface area contributed by atoms with Crippen LogP contribution in [0.15, 0.2) is 24.4 Å². The molecule has 1 aromatic heterocycles. The molecule has 1 saturated carbocycles. The number of nitrogens with one attached hydrogen (secondary N) is 1. The molecule has 2 aromatic rings. The molecule has 0 spiro atoms. The quantitative estimate of drug-likeness (QED) is 0.904. The van der Waals surface area contributed by atoms with Crippen LogP contribution < -0.4 is 5.32 Å². The smallest absolute Gasteiger partial charge is 0.263 e. The molecular formula is C16H16F2N2O2S. The lowest BCUT2D eigenvalue weighted by Crippen LogP contribution is -2.44. The number of aliphatic hydroxyl groups is 1. The lowest BCUT2D eigenvalue weighted by atomic mass is 9.92. The Hall–Kier alpha value is -1.86. The van der Waals surface area contributed by atoms with E-state index in [1.165, 1.54) is 12.3 Å². The van der Waals surface area contributed by atoms with Gasteiger partial charge in [0.05, 0.1) is 18.3 Å². The van der Waals surface area contributed by atoms with E-state index in [1.54, 1.807) is 0 Å². The summed E-state index contributed by atoms with van der Waals surface area (Å²) in [6.45, 7) is 0. The van der Waals surface area contributed by atoms with Crippen molar-refractivity contribution in [1.82, 2.24) is 10.3 Å². The van der Waals surface area contributed by atoms with Gasteiger partial charge in [-0.3, -0.25) is 4.79 Å². The predicted molar refractivity (Wildman–Crippen MR) is 83.2 cm³/mol. The van der Waals surface area contributed by atoms with Crippen LogP contribution >= 0.6 is 11.3 Å². The Kier molecular flexibility index (Phi) is 4.68. The van der Waals surface area contributed by atoms with Crippen LogP contribution in [0.25, 0.3) is 10.6 Å². The summed E-state index contributed by atoms with van der Waals surface area (Å²) in [5.41, 5.74) is 0.422. The molecule has 0 radical (unpaired) electrons. The highest BCUT2D eigenvalue weighted by molar-refractivity contribution is 7.16. The molecule has 1 amide bonds. The molecule has 1 aliphatic carbocycles. The highest BCUT2D eigenvalue weighted by atomic mass is 32.1. The maximum absolute atomic E-state index is 13.3. The fraction of sp³-hybridized carbons (Fsp3) is 0.375. The normalized spacial score (nSPS) is 21.2. The minimum atomic E-state index is -0.950. The van der Waals surface area contributed by atoms with Crippen molar-refractivity contribution >= 4 is 17.2 Å². The molecule has 2 unspecified atom stereocenters. The first-order valence-corrected chi connectivity index (χ1v) is 8.26. The Bertz CT molecular complexity index is 720. The van der Waals surface area contributed by atoms with Gasteiger partial charge in [-0.25, -0.2) is 13.8 Å². The van der Waals surface area contributed by atoms with Gasteiger partial charge in [0.1, 0.15) is 9.88 Å². The second kappa shape index (κ2) is 6.72. The van der Waals surface area contributed by atoms with E-state index >= 15 is 0 Å². The monoisotopic (exact) mass is 338 g/mol. The van der Waals surface area contributed by atoms with Crippen LogP contribution in [0.4, 0.5) is 8.78 Å². The SMILES string of the molecule is O=C(NC1CCCCC1O)c1cnc(-c2ccc(F)c(F)c2)s1. The number of hydrogen-bond donors (Lipinski definition) is 2. The van der Waals surface area contributed by atoms with Crippen LogP contribution in [0.1, 0.15) is 35.4 Å². The van der Waals surface area contributed by atoms with Crippen LogP contribution in [0.2, 0.25) is 0 Å². The number of benzene rings is 1. The molecule has 0 bridgehead atoms. The Balaban J connectivity index is 1.73. The van der Waals surface area contributed by atoms with E-state index in [0.717, 1.165) is 42.7 Å². The second-order valence-electron chi connectivity index (χ2n) is 5.59. The number of carbonyl (C=O) groups is 1. The number of aromatic nitrogens is 1. The van der Waals surface area contributed by atoms with E-state index in [0.29, 0.717) is 21.9 Å². The van der Waals surface area contributed by atoms with Gasteiger partial charge in [-0.2, -0.15) is 0 Å². The van der Waals surface area contributed by atoms with Crippen molar-refractivity contribution in [2.45, 2.75) is 37.8 Å². The molecule has 2 atom stereocenters. The summed E-state index contributed by atoms with van der Waals surface area (Å²) in [6.07, 6.45) is 4.27. The van der Waals surface area contributed by atoms with E-state index in [2.05, 4.69) is 10.3 Å². The van der Waals surface area contributed by atoms with E-state index in [1.807, 2.05) is 0 Å². The van der Waals surface area contributed by atoms with Gasteiger partial charge in [0.25, 0.3) is 5.91 Å². The number of aliphatic hydroxyl groups excluding tert-OH is 1. The summed E-state index contributed by atoms with van der Waals surface area (Å²) in [6, 6.07) is 3.26. The van der Waals surface area contributed by atoms with Crippen molar-refractivity contribution in [2.75, 3.05) is 0 Å². The van der Waals surface area contributed by atoms with Gasteiger partial charge in [-0.1, -0.05) is 12.8 Å². The molecule has 1 aliphatic rings. The molecular weight excluding hydrogens is 322 g/mol. The Labute approximate surface area is 136 Å². The number of thiazole rings is 1. The molecule has 1 aromatic carbocycles. The van der Waals surface area contributed by atoms with Crippen molar-refractivity contribution in [1.29, 1.82) is 0 Å². The summed E-state index contributed by atoms with van der Waals surface area (Å²) in [4.78, 5) is 16.7. The molecule has 23 heavy (non-hydrogen) atoms. The van der Waals surface area contributed by atoms with Crippen molar-refractivity contribution < 1.29 is 18.7 Å². The second-order valence-corrected chi connectivity index (χ2v) is 6.62. The lowest BCUT2D eigenvalue weighted by molar-refractivity contribution is 0.0720. The average Bonchev–Trinajstić information content (AvgIpc) is 3.02. The maximum Gasteiger partial charge on any atom is 0.263 e. The molecule has 1 fully saturated rings. The van der Waals surface area contributed by atoms with Gasteiger partial charge in [0.15, 0.2) is 11.6 Å². The summed E-state index contributed by atoms with van der Waals surface area (Å²) < 4.78 is 26.2. The predicted octanol–water partition coefficient (Wildman–Crippen LogP) is 3.12. The fourth-order valence-electron chi connectivity index (χ4n) is 2.66. The Morgan fingerprint density at radius 2 is 2.04 bits per heavy atom. The standard InChI is InChI=1S/C16H16F2N2O2S/c17-10-6-5-9(7-11(10)18)16-19-8-14(23-16)15(22)20-12-3-1-2-4-13(12)21/h5-8,12-13,21H,1-4H2,(H,20,22). The number of rotatable bonds is 3. The third-order valence-corrected chi connectivity index (χ3v) is 4.99.